The number of benzene rings is 1. The molecule has 2 rings (SSSR count). The quantitative estimate of drug-likeness (QED) is 0.911. The highest BCUT2D eigenvalue weighted by Crippen LogP contribution is 2.24. The fourth-order valence-corrected chi connectivity index (χ4v) is 3.57. The van der Waals surface area contributed by atoms with Crippen LogP contribution < -0.4 is 4.72 Å². The maximum Gasteiger partial charge on any atom is 0.242 e. The average molecular weight is 330 g/mol. The summed E-state index contributed by atoms with van der Waals surface area (Å²) in [5.74, 6) is 0.846. The molecule has 0 aliphatic carbocycles. The van der Waals surface area contributed by atoms with E-state index in [4.69, 9.17) is 16.1 Å². The zero-order valence-corrected chi connectivity index (χ0v) is 13.5. The van der Waals surface area contributed by atoms with Gasteiger partial charge in [0.25, 0.3) is 0 Å². The Bertz CT molecular complexity index is 721. The summed E-state index contributed by atoms with van der Waals surface area (Å²) in [6.45, 7) is 5.46. The molecule has 0 saturated carbocycles. The normalized spacial score (nSPS) is 12.0. The van der Waals surface area contributed by atoms with Crippen LogP contribution in [0.15, 0.2) is 27.6 Å². The monoisotopic (exact) mass is 329 g/mol. The molecule has 0 saturated heterocycles. The van der Waals surface area contributed by atoms with Crippen LogP contribution in [0.2, 0.25) is 5.02 Å². The summed E-state index contributed by atoms with van der Waals surface area (Å²) in [6, 6.07) is 4.92. The van der Waals surface area contributed by atoms with Gasteiger partial charge >= 0.3 is 0 Å². The molecule has 0 bridgehead atoms. The van der Waals surface area contributed by atoms with Crippen LogP contribution in [0.5, 0.6) is 0 Å². The molecule has 0 fully saturated rings. The van der Waals surface area contributed by atoms with E-state index in [0.29, 0.717) is 11.5 Å². The molecule has 0 aliphatic rings. The van der Waals surface area contributed by atoms with E-state index >= 15 is 0 Å². The maximum atomic E-state index is 12.3. The van der Waals surface area contributed by atoms with Gasteiger partial charge < -0.3 is 4.52 Å². The molecule has 2 aromatic rings. The van der Waals surface area contributed by atoms with Gasteiger partial charge in [-0.15, -0.1) is 0 Å². The van der Waals surface area contributed by atoms with Crippen molar-refractivity contribution >= 4 is 21.6 Å². The van der Waals surface area contributed by atoms with E-state index in [1.54, 1.807) is 19.1 Å². The lowest BCUT2D eigenvalue weighted by Crippen LogP contribution is -2.25. The van der Waals surface area contributed by atoms with Gasteiger partial charge in [0.15, 0.2) is 5.82 Å². The molecule has 1 N–H and O–H groups in total. The lowest BCUT2D eigenvalue weighted by atomic mass is 10.2. The Hall–Kier alpha value is -1.44. The first-order valence-electron chi connectivity index (χ1n) is 6.38. The van der Waals surface area contributed by atoms with E-state index < -0.39 is 10.0 Å². The van der Waals surface area contributed by atoms with Crippen LogP contribution in [0.4, 0.5) is 0 Å². The van der Waals surface area contributed by atoms with E-state index in [9.17, 15) is 8.42 Å². The number of nitrogens with one attached hydrogen (secondary N) is 1. The van der Waals surface area contributed by atoms with Crippen molar-refractivity contribution in [3.63, 3.8) is 0 Å². The third-order valence-electron chi connectivity index (χ3n) is 2.83. The Morgan fingerprint density at radius 1 is 1.38 bits per heavy atom. The van der Waals surface area contributed by atoms with Crippen molar-refractivity contribution in [3.8, 4) is 0 Å². The molecule has 6 nitrogen and oxygen atoms in total. The number of halogens is 1. The molecule has 0 spiro atoms. The fraction of sp³-hybridized carbons (Fsp3) is 0.385. The predicted octanol–water partition coefficient (Wildman–Crippen LogP) is 2.63. The zero-order valence-electron chi connectivity index (χ0n) is 11.9. The third kappa shape index (κ3) is 3.61. The first kappa shape index (κ1) is 15.9. The molecule has 114 valence electrons. The van der Waals surface area contributed by atoms with Gasteiger partial charge in [-0.2, -0.15) is 4.98 Å². The summed E-state index contributed by atoms with van der Waals surface area (Å²) in [7, 11) is -3.73. The number of hydrogen-bond acceptors (Lipinski definition) is 5. The highest BCUT2D eigenvalue weighted by molar-refractivity contribution is 7.89. The lowest BCUT2D eigenvalue weighted by Gasteiger charge is -2.09. The second-order valence-electron chi connectivity index (χ2n) is 4.91. The fourth-order valence-electron chi connectivity index (χ4n) is 1.76. The molecule has 0 atom stereocenters. The number of nitrogens with zero attached hydrogens (tertiary/aromatic N) is 2. The molecule has 21 heavy (non-hydrogen) atoms. The van der Waals surface area contributed by atoms with Gasteiger partial charge in [0.05, 0.1) is 11.6 Å². The van der Waals surface area contributed by atoms with E-state index in [1.165, 1.54) is 6.07 Å². The summed E-state index contributed by atoms with van der Waals surface area (Å²) in [5, 5.41) is 3.91. The van der Waals surface area contributed by atoms with Gasteiger partial charge in [-0.25, -0.2) is 13.1 Å². The SMILES string of the molecule is Cc1cccc(Cl)c1S(=O)(=O)NCc1noc(C(C)C)n1. The van der Waals surface area contributed by atoms with E-state index in [2.05, 4.69) is 14.9 Å². The van der Waals surface area contributed by atoms with Crippen molar-refractivity contribution < 1.29 is 12.9 Å². The number of sulfonamides is 1. The average Bonchev–Trinajstić information content (AvgIpc) is 2.85. The molecule has 0 aliphatic heterocycles. The molecule has 0 unspecified atom stereocenters. The van der Waals surface area contributed by atoms with Gasteiger partial charge in [0.2, 0.25) is 15.9 Å². The van der Waals surface area contributed by atoms with Crippen molar-refractivity contribution in [1.82, 2.24) is 14.9 Å². The Balaban J connectivity index is 2.18. The van der Waals surface area contributed by atoms with Gasteiger partial charge in [-0.1, -0.05) is 42.7 Å². The van der Waals surface area contributed by atoms with Crippen molar-refractivity contribution in [2.45, 2.75) is 38.1 Å². The summed E-state index contributed by atoms with van der Waals surface area (Å²) in [4.78, 5) is 4.18. The van der Waals surface area contributed by atoms with E-state index in [0.717, 1.165) is 0 Å². The van der Waals surface area contributed by atoms with Crippen LogP contribution >= 0.6 is 11.6 Å². The maximum absolute atomic E-state index is 12.3. The Labute approximate surface area is 128 Å². The van der Waals surface area contributed by atoms with Gasteiger partial charge in [-0.05, 0) is 18.6 Å². The van der Waals surface area contributed by atoms with Crippen LogP contribution in [0.1, 0.15) is 37.0 Å². The highest BCUT2D eigenvalue weighted by atomic mass is 35.5. The number of rotatable bonds is 5. The van der Waals surface area contributed by atoms with E-state index in [1.807, 2.05) is 13.8 Å². The predicted molar refractivity (Wildman–Crippen MR) is 78.6 cm³/mol. The minimum absolute atomic E-state index is 0.0524. The number of aromatic nitrogens is 2. The van der Waals surface area contributed by atoms with Gasteiger partial charge in [0, 0.05) is 5.92 Å². The first-order chi connectivity index (χ1) is 9.81. The minimum atomic E-state index is -3.73. The summed E-state index contributed by atoms with van der Waals surface area (Å²) in [6.07, 6.45) is 0. The smallest absolute Gasteiger partial charge is 0.242 e. The van der Waals surface area contributed by atoms with Crippen LogP contribution in [-0.2, 0) is 16.6 Å². The minimum Gasteiger partial charge on any atom is -0.339 e. The molecule has 1 aromatic heterocycles. The molecule has 8 heteroatoms. The summed E-state index contributed by atoms with van der Waals surface area (Å²) >= 11 is 5.97. The molecular formula is C13H16ClN3O3S. The Morgan fingerprint density at radius 2 is 2.10 bits per heavy atom. The molecular weight excluding hydrogens is 314 g/mol. The molecule has 0 radical (unpaired) electrons. The van der Waals surface area contributed by atoms with Crippen molar-refractivity contribution in [3.05, 3.63) is 40.5 Å². The Kier molecular flexibility index (Phi) is 4.65. The summed E-state index contributed by atoms with van der Waals surface area (Å²) in [5.41, 5.74) is 0.575. The second kappa shape index (κ2) is 6.13. The van der Waals surface area contributed by atoms with Crippen LogP contribution in [0, 0.1) is 6.92 Å². The van der Waals surface area contributed by atoms with Crippen LogP contribution in [-0.4, -0.2) is 18.6 Å². The van der Waals surface area contributed by atoms with Crippen molar-refractivity contribution in [2.75, 3.05) is 0 Å². The molecule has 0 amide bonds. The standard InChI is InChI=1S/C13H16ClN3O3S/c1-8(2)13-16-11(17-20-13)7-15-21(18,19)12-9(3)5-4-6-10(12)14/h4-6,8,15H,7H2,1-3H3. The highest BCUT2D eigenvalue weighted by Gasteiger charge is 2.21. The molecule has 1 aromatic carbocycles. The zero-order chi connectivity index (χ0) is 15.6. The largest absolute Gasteiger partial charge is 0.339 e. The van der Waals surface area contributed by atoms with Gasteiger partial charge in [0.1, 0.15) is 4.90 Å². The second-order valence-corrected chi connectivity index (χ2v) is 7.02. The van der Waals surface area contributed by atoms with E-state index in [-0.39, 0.29) is 28.2 Å². The topological polar surface area (TPSA) is 85.1 Å². The third-order valence-corrected chi connectivity index (χ3v) is 4.86. The van der Waals surface area contributed by atoms with Crippen LogP contribution in [0.25, 0.3) is 0 Å². The number of hydrogen-bond donors (Lipinski definition) is 1. The van der Waals surface area contributed by atoms with Gasteiger partial charge in [-0.3, -0.25) is 0 Å². The van der Waals surface area contributed by atoms with Crippen LogP contribution in [0.3, 0.4) is 0 Å². The summed E-state index contributed by atoms with van der Waals surface area (Å²) < 4.78 is 32.1. The lowest BCUT2D eigenvalue weighted by molar-refractivity contribution is 0.360. The van der Waals surface area contributed by atoms with Crippen molar-refractivity contribution in [1.29, 1.82) is 0 Å². The Morgan fingerprint density at radius 3 is 2.67 bits per heavy atom. The molecule has 1 heterocycles. The first-order valence-corrected chi connectivity index (χ1v) is 8.24. The van der Waals surface area contributed by atoms with Crippen molar-refractivity contribution in [2.24, 2.45) is 0 Å². The number of aryl methyl sites for hydroxylation is 1.